The van der Waals surface area contributed by atoms with Crippen molar-refractivity contribution < 1.29 is 4.79 Å². The highest BCUT2D eigenvalue weighted by atomic mass is 16.1. The lowest BCUT2D eigenvalue weighted by atomic mass is 9.97. The van der Waals surface area contributed by atoms with Crippen LogP contribution in [0.1, 0.15) is 35.1 Å². The summed E-state index contributed by atoms with van der Waals surface area (Å²) in [6.07, 6.45) is 1.91. The summed E-state index contributed by atoms with van der Waals surface area (Å²) < 4.78 is 0. The van der Waals surface area contributed by atoms with Crippen LogP contribution in [0.25, 0.3) is 0 Å². The summed E-state index contributed by atoms with van der Waals surface area (Å²) in [5.41, 5.74) is 17.2. The lowest BCUT2D eigenvalue weighted by molar-refractivity contribution is -0.123. The summed E-state index contributed by atoms with van der Waals surface area (Å²) in [6, 6.07) is 14.6. The summed E-state index contributed by atoms with van der Waals surface area (Å²) in [5.74, 6) is 0.179. The van der Waals surface area contributed by atoms with E-state index in [1.807, 2.05) is 18.2 Å². The van der Waals surface area contributed by atoms with E-state index < -0.39 is 0 Å². The monoisotopic (exact) mass is 393 g/mol. The predicted molar refractivity (Wildman–Crippen MR) is 119 cm³/mol. The van der Waals surface area contributed by atoms with Crippen LogP contribution in [0.2, 0.25) is 0 Å². The van der Waals surface area contributed by atoms with Gasteiger partial charge in [-0.3, -0.25) is 9.69 Å². The lowest BCUT2D eigenvalue weighted by Crippen LogP contribution is -2.40. The Balaban J connectivity index is 1.59. The van der Waals surface area contributed by atoms with Gasteiger partial charge in [-0.05, 0) is 67.6 Å². The van der Waals surface area contributed by atoms with Gasteiger partial charge in [-0.15, -0.1) is 0 Å². The molecule has 0 saturated carbocycles. The number of likely N-dealkylation sites (tertiary alicyclic amines) is 1. The Kier molecular flexibility index (Phi) is 6.88. The second-order valence-electron chi connectivity index (χ2n) is 8.00. The topological polar surface area (TPSA) is 96.7 Å². The molecule has 0 spiro atoms. The zero-order valence-electron chi connectivity index (χ0n) is 17.3. The van der Waals surface area contributed by atoms with Crippen LogP contribution < -0.4 is 16.8 Å². The SMILES string of the molecule is Cc1cc(C)cc(NC(N)=NCc2cccc(CN3CCCC(C(N)=O)C3)c2)c1. The van der Waals surface area contributed by atoms with E-state index in [-0.39, 0.29) is 11.8 Å². The summed E-state index contributed by atoms with van der Waals surface area (Å²) in [7, 11) is 0. The highest BCUT2D eigenvalue weighted by Crippen LogP contribution is 2.19. The smallest absolute Gasteiger partial charge is 0.221 e. The number of hydrogen-bond donors (Lipinski definition) is 3. The normalized spacial score (nSPS) is 17.9. The van der Waals surface area contributed by atoms with Crippen LogP contribution >= 0.6 is 0 Å². The molecule has 6 nitrogen and oxygen atoms in total. The van der Waals surface area contributed by atoms with Gasteiger partial charge in [0.15, 0.2) is 5.96 Å². The molecule has 1 unspecified atom stereocenters. The van der Waals surface area contributed by atoms with E-state index in [0.717, 1.165) is 43.7 Å². The first-order valence-electron chi connectivity index (χ1n) is 10.1. The number of aryl methyl sites for hydroxylation is 2. The Hall–Kier alpha value is -2.86. The van der Waals surface area contributed by atoms with Crippen LogP contribution in [0.5, 0.6) is 0 Å². The fourth-order valence-electron chi connectivity index (χ4n) is 3.93. The molecule has 2 aromatic carbocycles. The van der Waals surface area contributed by atoms with Gasteiger partial charge in [0.05, 0.1) is 12.5 Å². The van der Waals surface area contributed by atoms with Crippen molar-refractivity contribution >= 4 is 17.6 Å². The number of rotatable bonds is 6. The number of benzene rings is 2. The predicted octanol–water partition coefficient (Wildman–Crippen LogP) is 2.93. The van der Waals surface area contributed by atoms with Crippen molar-refractivity contribution in [2.45, 2.75) is 39.8 Å². The molecule has 0 bridgehead atoms. The number of piperidine rings is 1. The van der Waals surface area contributed by atoms with Gasteiger partial charge in [0.25, 0.3) is 0 Å². The summed E-state index contributed by atoms with van der Waals surface area (Å²) in [5, 5.41) is 3.17. The second kappa shape index (κ2) is 9.56. The maximum Gasteiger partial charge on any atom is 0.221 e. The molecule has 1 heterocycles. The van der Waals surface area contributed by atoms with Crippen molar-refractivity contribution in [2.24, 2.45) is 22.4 Å². The van der Waals surface area contributed by atoms with Crippen LogP contribution in [0, 0.1) is 19.8 Å². The van der Waals surface area contributed by atoms with E-state index in [2.05, 4.69) is 53.3 Å². The molecule has 1 aliphatic heterocycles. The number of nitrogens with two attached hydrogens (primary N) is 2. The highest BCUT2D eigenvalue weighted by molar-refractivity contribution is 5.92. The average Bonchev–Trinajstić information content (AvgIpc) is 2.66. The van der Waals surface area contributed by atoms with Gasteiger partial charge in [0, 0.05) is 18.8 Å². The van der Waals surface area contributed by atoms with E-state index in [0.29, 0.717) is 12.5 Å². The van der Waals surface area contributed by atoms with Crippen molar-refractivity contribution in [2.75, 3.05) is 18.4 Å². The Labute approximate surface area is 173 Å². The maximum absolute atomic E-state index is 11.5. The molecule has 1 fully saturated rings. The van der Waals surface area contributed by atoms with Crippen LogP contribution in [0.3, 0.4) is 0 Å². The van der Waals surface area contributed by atoms with Gasteiger partial charge in [-0.2, -0.15) is 0 Å². The first kappa shape index (κ1) is 20.9. The fourth-order valence-corrected chi connectivity index (χ4v) is 3.93. The molecule has 1 atom stereocenters. The number of carbonyl (C=O) groups is 1. The number of nitrogens with one attached hydrogen (secondary N) is 1. The van der Waals surface area contributed by atoms with Gasteiger partial charge in [-0.25, -0.2) is 4.99 Å². The lowest BCUT2D eigenvalue weighted by Gasteiger charge is -2.31. The minimum atomic E-state index is -0.190. The highest BCUT2D eigenvalue weighted by Gasteiger charge is 2.23. The third-order valence-corrected chi connectivity index (χ3v) is 5.23. The first-order valence-corrected chi connectivity index (χ1v) is 10.1. The molecule has 154 valence electrons. The molecule has 0 radical (unpaired) electrons. The second-order valence-corrected chi connectivity index (χ2v) is 8.00. The molecule has 6 heteroatoms. The summed E-state index contributed by atoms with van der Waals surface area (Å²) >= 11 is 0. The number of carbonyl (C=O) groups excluding carboxylic acids is 1. The van der Waals surface area contributed by atoms with Gasteiger partial charge in [-0.1, -0.05) is 30.3 Å². The summed E-state index contributed by atoms with van der Waals surface area (Å²) in [6.45, 7) is 7.19. The maximum atomic E-state index is 11.5. The Bertz CT molecular complexity index is 872. The largest absolute Gasteiger partial charge is 0.370 e. The van der Waals surface area contributed by atoms with E-state index in [1.165, 1.54) is 16.7 Å². The molecule has 2 aromatic rings. The number of amides is 1. The van der Waals surface area contributed by atoms with E-state index in [1.54, 1.807) is 0 Å². The minimum Gasteiger partial charge on any atom is -0.370 e. The van der Waals surface area contributed by atoms with Crippen LogP contribution in [0.15, 0.2) is 47.5 Å². The molecule has 0 aliphatic carbocycles. The molecule has 1 amide bonds. The van der Waals surface area contributed by atoms with E-state index in [4.69, 9.17) is 11.5 Å². The third kappa shape index (κ3) is 6.32. The molecule has 29 heavy (non-hydrogen) atoms. The zero-order valence-corrected chi connectivity index (χ0v) is 17.3. The van der Waals surface area contributed by atoms with Gasteiger partial charge < -0.3 is 16.8 Å². The van der Waals surface area contributed by atoms with Gasteiger partial charge in [0.1, 0.15) is 0 Å². The molecular formula is C23H31N5O. The number of aliphatic imine (C=N–C) groups is 1. The quantitative estimate of drug-likeness (QED) is 0.519. The molecule has 3 rings (SSSR count). The number of nitrogens with zero attached hydrogens (tertiary/aromatic N) is 2. The van der Waals surface area contributed by atoms with E-state index in [9.17, 15) is 4.79 Å². The average molecular weight is 394 g/mol. The van der Waals surface area contributed by atoms with Crippen molar-refractivity contribution in [1.82, 2.24) is 4.90 Å². The Morgan fingerprint density at radius 2 is 1.86 bits per heavy atom. The first-order chi connectivity index (χ1) is 13.9. The van der Waals surface area contributed by atoms with Crippen LogP contribution in [0.4, 0.5) is 5.69 Å². The molecule has 0 aromatic heterocycles. The third-order valence-electron chi connectivity index (χ3n) is 5.23. The van der Waals surface area contributed by atoms with Crippen LogP contribution in [-0.4, -0.2) is 29.9 Å². The number of hydrogen-bond acceptors (Lipinski definition) is 3. The molecule has 1 saturated heterocycles. The molecule has 5 N–H and O–H groups in total. The van der Waals surface area contributed by atoms with Crippen molar-refractivity contribution in [3.63, 3.8) is 0 Å². The van der Waals surface area contributed by atoms with Gasteiger partial charge >= 0.3 is 0 Å². The van der Waals surface area contributed by atoms with Gasteiger partial charge in [0.2, 0.25) is 5.91 Å². The summed E-state index contributed by atoms with van der Waals surface area (Å²) in [4.78, 5) is 18.3. The molecular weight excluding hydrogens is 362 g/mol. The zero-order chi connectivity index (χ0) is 20.8. The molecule has 1 aliphatic rings. The van der Waals surface area contributed by atoms with E-state index >= 15 is 0 Å². The minimum absolute atomic E-state index is 0.0346. The van der Waals surface area contributed by atoms with Crippen molar-refractivity contribution in [3.05, 3.63) is 64.7 Å². The van der Waals surface area contributed by atoms with Crippen molar-refractivity contribution in [1.29, 1.82) is 0 Å². The van der Waals surface area contributed by atoms with Crippen LogP contribution in [-0.2, 0) is 17.9 Å². The number of anilines is 1. The number of guanidine groups is 1. The van der Waals surface area contributed by atoms with Crippen molar-refractivity contribution in [3.8, 4) is 0 Å². The Morgan fingerprint density at radius 3 is 2.59 bits per heavy atom. The fraction of sp³-hybridized carbons (Fsp3) is 0.391. The Morgan fingerprint density at radius 1 is 1.14 bits per heavy atom. The standard InChI is InChI=1S/C23H31N5O/c1-16-9-17(2)11-21(10-16)27-23(25)26-13-18-5-3-6-19(12-18)14-28-8-4-7-20(15-28)22(24)29/h3,5-6,9-12,20H,4,7-8,13-15H2,1-2H3,(H2,24,29)(H3,25,26,27). The number of primary amides is 1.